The van der Waals surface area contributed by atoms with E-state index in [0.717, 1.165) is 9.54 Å². The molecule has 0 saturated carbocycles. The number of benzene rings is 1. The van der Waals surface area contributed by atoms with Crippen molar-refractivity contribution in [2.75, 3.05) is 7.11 Å². The van der Waals surface area contributed by atoms with Crippen molar-refractivity contribution in [2.24, 2.45) is 0 Å². The van der Waals surface area contributed by atoms with Crippen LogP contribution in [-0.2, 0) is 0 Å². The molecule has 1 heterocycles. The highest BCUT2D eigenvalue weighted by molar-refractivity contribution is 9.11. The molecular formula is C13H12Br2OS. The number of ether oxygens (including phenoxy) is 1. The van der Waals surface area contributed by atoms with E-state index in [-0.39, 0.29) is 4.83 Å². The first-order valence-electron chi connectivity index (χ1n) is 5.15. The van der Waals surface area contributed by atoms with Gasteiger partial charge in [0.15, 0.2) is 0 Å². The van der Waals surface area contributed by atoms with Crippen LogP contribution in [0.15, 0.2) is 34.1 Å². The van der Waals surface area contributed by atoms with Crippen molar-refractivity contribution in [3.05, 3.63) is 50.1 Å². The van der Waals surface area contributed by atoms with Crippen LogP contribution in [-0.4, -0.2) is 7.11 Å². The average Bonchev–Trinajstić information content (AvgIpc) is 2.75. The van der Waals surface area contributed by atoms with Crippen molar-refractivity contribution in [1.29, 1.82) is 0 Å². The minimum atomic E-state index is 0.175. The summed E-state index contributed by atoms with van der Waals surface area (Å²) in [6.45, 7) is 2.09. The summed E-state index contributed by atoms with van der Waals surface area (Å²) in [5, 5.41) is 0. The van der Waals surface area contributed by atoms with Crippen LogP contribution in [0.5, 0.6) is 5.75 Å². The first-order chi connectivity index (χ1) is 8.11. The summed E-state index contributed by atoms with van der Waals surface area (Å²) in [5.41, 5.74) is 2.41. The lowest BCUT2D eigenvalue weighted by atomic mass is 10.1. The van der Waals surface area contributed by atoms with Gasteiger partial charge in [-0.2, -0.15) is 0 Å². The number of aryl methyl sites for hydroxylation is 1. The Hall–Kier alpha value is -0.320. The van der Waals surface area contributed by atoms with Crippen molar-refractivity contribution >= 4 is 43.2 Å². The minimum Gasteiger partial charge on any atom is -0.496 e. The molecule has 0 aliphatic carbocycles. The van der Waals surface area contributed by atoms with Gasteiger partial charge in [0.1, 0.15) is 5.75 Å². The standard InChI is InChI=1S/C13H12Br2OS/c1-8-3-4-10(16-2)9(7-8)13(15)11-5-6-12(14)17-11/h3-7,13H,1-2H3. The third kappa shape index (κ3) is 2.92. The third-order valence-electron chi connectivity index (χ3n) is 2.50. The molecule has 2 rings (SSSR count). The Morgan fingerprint density at radius 1 is 1.24 bits per heavy atom. The fourth-order valence-electron chi connectivity index (χ4n) is 1.67. The summed E-state index contributed by atoms with van der Waals surface area (Å²) >= 11 is 8.96. The van der Waals surface area contributed by atoms with Crippen molar-refractivity contribution < 1.29 is 4.74 Å². The van der Waals surface area contributed by atoms with Crippen LogP contribution in [0.25, 0.3) is 0 Å². The molecule has 0 spiro atoms. The Balaban J connectivity index is 2.42. The summed E-state index contributed by atoms with van der Waals surface area (Å²) in [6, 6.07) is 10.4. The Kier molecular flexibility index (Phi) is 4.28. The van der Waals surface area contributed by atoms with Crippen LogP contribution < -0.4 is 4.74 Å². The molecule has 2 aromatic rings. The van der Waals surface area contributed by atoms with E-state index >= 15 is 0 Å². The molecule has 0 N–H and O–H groups in total. The van der Waals surface area contributed by atoms with E-state index in [0.29, 0.717) is 0 Å². The van der Waals surface area contributed by atoms with Gasteiger partial charge in [0.2, 0.25) is 0 Å². The highest BCUT2D eigenvalue weighted by Crippen LogP contribution is 2.40. The SMILES string of the molecule is COc1ccc(C)cc1C(Br)c1ccc(Br)s1. The smallest absolute Gasteiger partial charge is 0.123 e. The summed E-state index contributed by atoms with van der Waals surface area (Å²) in [6.07, 6.45) is 0. The molecule has 0 saturated heterocycles. The number of alkyl halides is 1. The molecule has 4 heteroatoms. The lowest BCUT2D eigenvalue weighted by molar-refractivity contribution is 0.410. The first-order valence-corrected chi connectivity index (χ1v) is 7.68. The van der Waals surface area contributed by atoms with Gasteiger partial charge < -0.3 is 4.74 Å². The Labute approximate surface area is 122 Å². The number of hydrogen-bond acceptors (Lipinski definition) is 2. The molecule has 1 nitrogen and oxygen atoms in total. The van der Waals surface area contributed by atoms with Gasteiger partial charge in [-0.1, -0.05) is 33.6 Å². The monoisotopic (exact) mass is 374 g/mol. The van der Waals surface area contributed by atoms with E-state index in [9.17, 15) is 0 Å². The van der Waals surface area contributed by atoms with Crippen LogP contribution in [0.4, 0.5) is 0 Å². The van der Waals surface area contributed by atoms with E-state index in [1.165, 1.54) is 16.0 Å². The van der Waals surface area contributed by atoms with Gasteiger partial charge in [-0.05, 0) is 41.1 Å². The van der Waals surface area contributed by atoms with Crippen molar-refractivity contribution in [2.45, 2.75) is 11.8 Å². The second-order valence-electron chi connectivity index (χ2n) is 3.75. The van der Waals surface area contributed by atoms with Crippen molar-refractivity contribution in [1.82, 2.24) is 0 Å². The molecule has 0 amide bonds. The second-order valence-corrected chi connectivity index (χ2v) is 7.16. The zero-order valence-electron chi connectivity index (χ0n) is 9.54. The van der Waals surface area contributed by atoms with Crippen LogP contribution in [0.1, 0.15) is 20.8 Å². The summed E-state index contributed by atoms with van der Waals surface area (Å²) in [4.78, 5) is 1.44. The number of rotatable bonds is 3. The zero-order chi connectivity index (χ0) is 12.4. The predicted octanol–water partition coefficient (Wildman–Crippen LogP) is 5.31. The largest absolute Gasteiger partial charge is 0.496 e. The molecule has 1 aromatic heterocycles. The maximum atomic E-state index is 5.41. The van der Waals surface area contributed by atoms with Crippen molar-refractivity contribution in [3.8, 4) is 5.75 Å². The van der Waals surface area contributed by atoms with Crippen LogP contribution in [0, 0.1) is 6.92 Å². The topological polar surface area (TPSA) is 9.23 Å². The quantitative estimate of drug-likeness (QED) is 0.660. The van der Waals surface area contributed by atoms with E-state index in [4.69, 9.17) is 4.74 Å². The molecule has 17 heavy (non-hydrogen) atoms. The Bertz CT molecular complexity index is 522. The van der Waals surface area contributed by atoms with E-state index in [2.05, 4.69) is 63.0 Å². The van der Waals surface area contributed by atoms with Crippen LogP contribution in [0.3, 0.4) is 0 Å². The average molecular weight is 376 g/mol. The molecule has 0 fully saturated rings. The maximum Gasteiger partial charge on any atom is 0.123 e. The number of hydrogen-bond donors (Lipinski definition) is 0. The van der Waals surface area contributed by atoms with Gasteiger partial charge in [-0.25, -0.2) is 0 Å². The van der Waals surface area contributed by atoms with Crippen LogP contribution >= 0.6 is 43.2 Å². The molecule has 1 unspecified atom stereocenters. The molecule has 1 atom stereocenters. The predicted molar refractivity (Wildman–Crippen MR) is 80.5 cm³/mol. The molecular weight excluding hydrogens is 364 g/mol. The fourth-order valence-corrected chi connectivity index (χ4v) is 3.88. The van der Waals surface area contributed by atoms with E-state index in [1.54, 1.807) is 18.4 Å². The Morgan fingerprint density at radius 2 is 2.00 bits per heavy atom. The second kappa shape index (κ2) is 5.55. The Morgan fingerprint density at radius 3 is 2.59 bits per heavy atom. The lowest BCUT2D eigenvalue weighted by Crippen LogP contribution is -1.96. The maximum absolute atomic E-state index is 5.41. The molecule has 0 bridgehead atoms. The molecule has 1 aromatic carbocycles. The molecule has 0 aliphatic rings. The van der Waals surface area contributed by atoms with Gasteiger partial charge in [-0.3, -0.25) is 0 Å². The highest BCUT2D eigenvalue weighted by Gasteiger charge is 2.17. The molecule has 90 valence electrons. The third-order valence-corrected chi connectivity index (χ3v) is 5.48. The van der Waals surface area contributed by atoms with Gasteiger partial charge in [-0.15, -0.1) is 11.3 Å². The van der Waals surface area contributed by atoms with Gasteiger partial charge in [0.05, 0.1) is 15.7 Å². The van der Waals surface area contributed by atoms with E-state index in [1.807, 2.05) is 6.07 Å². The number of halogens is 2. The van der Waals surface area contributed by atoms with Gasteiger partial charge >= 0.3 is 0 Å². The number of thiophene rings is 1. The lowest BCUT2D eigenvalue weighted by Gasteiger charge is -2.13. The number of methoxy groups -OCH3 is 1. The summed E-state index contributed by atoms with van der Waals surface area (Å²) in [7, 11) is 1.71. The zero-order valence-corrected chi connectivity index (χ0v) is 13.5. The summed E-state index contributed by atoms with van der Waals surface area (Å²) in [5.74, 6) is 0.919. The normalized spacial score (nSPS) is 12.5. The minimum absolute atomic E-state index is 0.175. The molecule has 0 aliphatic heterocycles. The highest BCUT2D eigenvalue weighted by atomic mass is 79.9. The summed E-state index contributed by atoms with van der Waals surface area (Å²) < 4.78 is 6.55. The van der Waals surface area contributed by atoms with Crippen LogP contribution in [0.2, 0.25) is 0 Å². The van der Waals surface area contributed by atoms with Crippen molar-refractivity contribution in [3.63, 3.8) is 0 Å². The van der Waals surface area contributed by atoms with Gasteiger partial charge in [0, 0.05) is 10.4 Å². The fraction of sp³-hybridized carbons (Fsp3) is 0.231. The van der Waals surface area contributed by atoms with Gasteiger partial charge in [0.25, 0.3) is 0 Å². The molecule has 0 radical (unpaired) electrons. The van der Waals surface area contributed by atoms with E-state index < -0.39 is 0 Å². The first kappa shape index (κ1) is 13.1.